The zero-order chi connectivity index (χ0) is 35.1. The molecule has 49 heavy (non-hydrogen) atoms. The molecule has 2 aliphatic carbocycles. The van der Waals surface area contributed by atoms with Crippen LogP contribution in [0, 0.1) is 25.7 Å². The van der Waals surface area contributed by atoms with Gasteiger partial charge in [0.15, 0.2) is 0 Å². The van der Waals surface area contributed by atoms with Crippen LogP contribution in [0.5, 0.6) is 0 Å². The fourth-order valence-electron chi connectivity index (χ4n) is 9.65. The average molecular weight is 824 g/mol. The van der Waals surface area contributed by atoms with Crippen molar-refractivity contribution in [1.82, 2.24) is 0 Å². The molecule has 0 spiro atoms. The standard InChI is InChI=1S/2C20H21.C2H6Si.4CH3.2Zr/c2*1-14(2)11-16-12-18-10-9-15(3)20(19(18)13-16)17-7-5-4-6-8-17;1-3-2;;;;;;/h2*4-10,12-14H,11H2,1-3H3;1-3H2;4*1H3;;. The van der Waals surface area contributed by atoms with E-state index < -0.39 is 40.5 Å². The molecule has 0 aliphatic heterocycles. The summed E-state index contributed by atoms with van der Waals surface area (Å²) in [6, 6.07) is 32.3. The Morgan fingerprint density at radius 1 is 0.531 bits per heavy atom. The third-order valence-corrected chi connectivity index (χ3v) is 50.2. The SMILES string of the molecule is Cc1ccc2c(c1-c1ccccc1)C=C(CC(C)C)[CH]2[Zr]([CH3])([CH3])[CH2][SiH2][CH2][Zr]([CH3])([CH3])[CH]1C(CC(C)C)=Cc2c1ccc(C)c2-c1ccccc1. The molecule has 2 aliphatic rings. The van der Waals surface area contributed by atoms with Gasteiger partial charge in [0.2, 0.25) is 0 Å². The van der Waals surface area contributed by atoms with Crippen molar-refractivity contribution in [3.63, 3.8) is 0 Å². The summed E-state index contributed by atoms with van der Waals surface area (Å²) in [7, 11) is -0.168. The summed E-state index contributed by atoms with van der Waals surface area (Å²) in [6.45, 7) is 14.3. The van der Waals surface area contributed by atoms with Gasteiger partial charge < -0.3 is 0 Å². The van der Waals surface area contributed by atoms with Gasteiger partial charge in [-0.05, 0) is 0 Å². The Balaban J connectivity index is 1.29. The normalized spacial score (nSPS) is 17.6. The summed E-state index contributed by atoms with van der Waals surface area (Å²) in [5.41, 5.74) is 18.5. The van der Waals surface area contributed by atoms with E-state index in [1.807, 2.05) is 0 Å². The van der Waals surface area contributed by atoms with Crippen molar-refractivity contribution in [2.75, 3.05) is 0 Å². The first-order valence-corrected chi connectivity index (χ1v) is 37.2. The topological polar surface area (TPSA) is 0 Å². The Hall–Kier alpha value is -1.66. The Bertz CT molecular complexity index is 1720. The molecule has 2 unspecified atom stereocenters. The summed E-state index contributed by atoms with van der Waals surface area (Å²) in [4.78, 5) is 0. The first-order chi connectivity index (χ1) is 23.3. The number of rotatable bonds is 12. The molecular formula is C46H60SiZr2. The van der Waals surface area contributed by atoms with Crippen LogP contribution in [0.3, 0.4) is 0 Å². The molecule has 2 atom stereocenters. The van der Waals surface area contributed by atoms with Crippen molar-refractivity contribution in [3.8, 4) is 22.3 Å². The predicted octanol–water partition coefficient (Wildman–Crippen LogP) is 13.7. The minimum absolute atomic E-state index is 0.168. The third-order valence-electron chi connectivity index (χ3n) is 11.6. The van der Waals surface area contributed by atoms with Gasteiger partial charge in [-0.2, -0.15) is 0 Å². The second kappa shape index (κ2) is 15.1. The number of fused-ring (bicyclic) bond motifs is 2. The number of hydrogen-bond donors (Lipinski definition) is 0. The first-order valence-electron chi connectivity index (χ1n) is 19.1. The van der Waals surface area contributed by atoms with E-state index in [9.17, 15) is 0 Å². The second-order valence-corrected chi connectivity index (χ2v) is 49.1. The molecule has 0 N–H and O–H groups in total. The molecule has 0 heterocycles. The van der Waals surface area contributed by atoms with Crippen molar-refractivity contribution in [2.45, 2.75) is 87.7 Å². The molecule has 6 rings (SSSR count). The van der Waals surface area contributed by atoms with Crippen molar-refractivity contribution < 1.29 is 40.5 Å². The summed E-state index contributed by atoms with van der Waals surface area (Å²) in [5, 5.41) is 0. The quantitative estimate of drug-likeness (QED) is 0.125. The number of hydrogen-bond acceptors (Lipinski definition) is 0. The molecule has 0 bridgehead atoms. The van der Waals surface area contributed by atoms with E-state index in [0.29, 0.717) is 11.8 Å². The monoisotopic (exact) mass is 820 g/mol. The molecule has 256 valence electrons. The van der Waals surface area contributed by atoms with E-state index in [0.717, 1.165) is 7.25 Å². The van der Waals surface area contributed by atoms with Gasteiger partial charge in [-0.1, -0.05) is 0 Å². The average Bonchev–Trinajstić information content (AvgIpc) is 3.59. The van der Waals surface area contributed by atoms with E-state index in [1.54, 1.807) is 40.9 Å². The molecule has 3 heteroatoms. The van der Waals surface area contributed by atoms with E-state index >= 15 is 0 Å². The molecule has 0 amide bonds. The van der Waals surface area contributed by atoms with Crippen molar-refractivity contribution in [2.24, 2.45) is 11.8 Å². The summed E-state index contributed by atoms with van der Waals surface area (Å²) in [5.74, 6) is 1.38. The van der Waals surface area contributed by atoms with Crippen LogP contribution in [0.4, 0.5) is 0 Å². The molecule has 0 nitrogen and oxygen atoms in total. The van der Waals surface area contributed by atoms with Gasteiger partial charge in [0.1, 0.15) is 0 Å². The molecule has 0 radical (unpaired) electrons. The molecule has 0 saturated carbocycles. The maximum atomic E-state index is 2.82. The van der Waals surface area contributed by atoms with Gasteiger partial charge in [-0.15, -0.1) is 0 Å². The summed E-state index contributed by atoms with van der Waals surface area (Å²) < 4.78 is 16.0. The summed E-state index contributed by atoms with van der Waals surface area (Å²) >= 11 is -5.08. The Morgan fingerprint density at radius 3 is 1.24 bits per heavy atom. The van der Waals surface area contributed by atoms with Crippen molar-refractivity contribution in [3.05, 3.63) is 129 Å². The second-order valence-electron chi connectivity index (χ2n) is 17.6. The molecule has 0 aromatic heterocycles. The van der Waals surface area contributed by atoms with Gasteiger partial charge in [0, 0.05) is 0 Å². The van der Waals surface area contributed by atoms with Crippen LogP contribution in [0.15, 0.2) is 96.1 Å². The number of aryl methyl sites for hydroxylation is 2. The van der Waals surface area contributed by atoms with Crippen LogP contribution in [0.1, 0.15) is 81.2 Å². The van der Waals surface area contributed by atoms with Crippen molar-refractivity contribution in [1.29, 1.82) is 0 Å². The van der Waals surface area contributed by atoms with Gasteiger partial charge in [-0.3, -0.25) is 0 Å². The van der Waals surface area contributed by atoms with E-state index in [4.69, 9.17) is 0 Å². The first kappa shape index (κ1) is 37.1. The van der Waals surface area contributed by atoms with Crippen LogP contribution >= 0.6 is 0 Å². The molecule has 0 saturated heterocycles. The van der Waals surface area contributed by atoms with Gasteiger partial charge in [0.05, 0.1) is 0 Å². The Morgan fingerprint density at radius 2 is 0.898 bits per heavy atom. The van der Waals surface area contributed by atoms with Gasteiger partial charge >= 0.3 is 313 Å². The Labute approximate surface area is 310 Å². The fourth-order valence-corrected chi connectivity index (χ4v) is 50.2. The van der Waals surface area contributed by atoms with Crippen LogP contribution in [-0.2, 0) is 40.5 Å². The van der Waals surface area contributed by atoms with E-state index in [-0.39, 0.29) is 9.52 Å². The molecule has 4 aromatic rings. The van der Waals surface area contributed by atoms with E-state index in [1.165, 1.54) is 46.2 Å². The zero-order valence-corrected chi connectivity index (χ0v) is 38.4. The van der Waals surface area contributed by atoms with Crippen LogP contribution in [-0.4, -0.2) is 9.52 Å². The third kappa shape index (κ3) is 7.76. The molecule has 4 aromatic carbocycles. The van der Waals surface area contributed by atoms with Crippen LogP contribution in [0.2, 0.25) is 26.0 Å². The fraction of sp³-hybridized carbons (Fsp3) is 0.391. The zero-order valence-electron chi connectivity index (χ0n) is 32.1. The number of benzene rings is 4. The van der Waals surface area contributed by atoms with Crippen molar-refractivity contribution >= 4 is 21.7 Å². The molecule has 0 fully saturated rings. The van der Waals surface area contributed by atoms with Crippen LogP contribution in [0.25, 0.3) is 34.4 Å². The van der Waals surface area contributed by atoms with Crippen LogP contribution < -0.4 is 0 Å². The minimum atomic E-state index is -2.54. The maximum absolute atomic E-state index is 2.82. The predicted molar refractivity (Wildman–Crippen MR) is 215 cm³/mol. The number of allylic oxidation sites excluding steroid dienone is 2. The summed E-state index contributed by atoms with van der Waals surface area (Å²) in [6.07, 6.45) is 7.82. The molecular weight excluding hydrogens is 763 g/mol. The van der Waals surface area contributed by atoms with Gasteiger partial charge in [-0.25, -0.2) is 0 Å². The van der Waals surface area contributed by atoms with Gasteiger partial charge in [0.25, 0.3) is 0 Å². The van der Waals surface area contributed by atoms with E-state index in [2.05, 4.69) is 157 Å². The Kier molecular flexibility index (Phi) is 11.5.